The summed E-state index contributed by atoms with van der Waals surface area (Å²) in [4.78, 5) is 20.7. The summed E-state index contributed by atoms with van der Waals surface area (Å²) in [5.74, 6) is 6.88. The molecule has 0 saturated carbocycles. The van der Waals surface area contributed by atoms with Gasteiger partial charge in [0.25, 0.3) is 5.91 Å². The van der Waals surface area contributed by atoms with E-state index < -0.39 is 0 Å². The van der Waals surface area contributed by atoms with Crippen molar-refractivity contribution >= 4 is 11.6 Å². The van der Waals surface area contributed by atoms with Gasteiger partial charge in [0.15, 0.2) is 5.69 Å². The van der Waals surface area contributed by atoms with E-state index >= 15 is 0 Å². The molecule has 6 nitrogen and oxygen atoms in total. The third-order valence-corrected chi connectivity index (χ3v) is 3.42. The average Bonchev–Trinajstić information content (AvgIpc) is 2.43. The fourth-order valence-corrected chi connectivity index (χ4v) is 1.53. The van der Waals surface area contributed by atoms with Gasteiger partial charge in [-0.3, -0.25) is 10.6 Å². The molecule has 0 radical (unpaired) electrons. The van der Waals surface area contributed by atoms with E-state index in [9.17, 15) is 4.79 Å². The fourth-order valence-electron chi connectivity index (χ4n) is 1.53. The van der Waals surface area contributed by atoms with E-state index in [2.05, 4.69) is 41.5 Å². The Morgan fingerprint density at radius 3 is 2.45 bits per heavy atom. The Hall–Kier alpha value is -1.69. The van der Waals surface area contributed by atoms with Crippen molar-refractivity contribution in [2.75, 3.05) is 12.0 Å². The number of hydrogen-bond donors (Lipinski definition) is 3. The fraction of sp³-hybridized carbons (Fsp3) is 0.643. The first kappa shape index (κ1) is 16.4. The molecule has 6 heteroatoms. The molecule has 0 saturated heterocycles. The molecule has 1 aromatic rings. The summed E-state index contributed by atoms with van der Waals surface area (Å²) in [5, 5.41) is 2.90. The van der Waals surface area contributed by atoms with Gasteiger partial charge in [-0.1, -0.05) is 34.6 Å². The van der Waals surface area contributed by atoms with Gasteiger partial charge >= 0.3 is 0 Å². The number of carbonyl (C=O) groups is 1. The van der Waals surface area contributed by atoms with Crippen LogP contribution < -0.4 is 16.6 Å². The molecule has 1 atom stereocenters. The predicted octanol–water partition coefficient (Wildman–Crippen LogP) is 1.91. The van der Waals surface area contributed by atoms with Crippen LogP contribution in [0.5, 0.6) is 0 Å². The zero-order valence-electron chi connectivity index (χ0n) is 12.9. The van der Waals surface area contributed by atoms with Crippen molar-refractivity contribution in [3.05, 3.63) is 17.7 Å². The van der Waals surface area contributed by atoms with Crippen LogP contribution in [-0.4, -0.2) is 22.4 Å². The molecule has 0 bridgehead atoms. The van der Waals surface area contributed by atoms with Crippen molar-refractivity contribution in [1.82, 2.24) is 15.3 Å². The topological polar surface area (TPSA) is 92.9 Å². The van der Waals surface area contributed by atoms with E-state index in [1.54, 1.807) is 6.20 Å². The highest BCUT2D eigenvalue weighted by Crippen LogP contribution is 2.16. The van der Waals surface area contributed by atoms with Crippen LogP contribution in [0.2, 0.25) is 0 Å². The van der Waals surface area contributed by atoms with Crippen molar-refractivity contribution in [1.29, 1.82) is 0 Å². The molecule has 1 rings (SSSR count). The minimum absolute atomic E-state index is 0.156. The highest BCUT2D eigenvalue weighted by Gasteiger charge is 2.17. The maximum Gasteiger partial charge on any atom is 0.272 e. The Bertz CT molecular complexity index is 459. The van der Waals surface area contributed by atoms with Crippen LogP contribution in [0.15, 0.2) is 6.20 Å². The highest BCUT2D eigenvalue weighted by molar-refractivity contribution is 5.97. The van der Waals surface area contributed by atoms with Crippen LogP contribution in [0, 0.1) is 11.8 Å². The van der Waals surface area contributed by atoms with Crippen LogP contribution in [0.1, 0.15) is 56.8 Å². The van der Waals surface area contributed by atoms with E-state index in [0.29, 0.717) is 35.6 Å². The van der Waals surface area contributed by atoms with Gasteiger partial charge in [-0.25, -0.2) is 9.97 Å². The first-order valence-electron chi connectivity index (χ1n) is 6.98. The number of aromatic nitrogens is 2. The minimum Gasteiger partial charge on any atom is -0.350 e. The van der Waals surface area contributed by atoms with E-state index in [4.69, 9.17) is 5.84 Å². The number of nitrogens with zero attached hydrogens (tertiary/aromatic N) is 2. The molecule has 0 spiro atoms. The molecular formula is C14H25N5O. The smallest absolute Gasteiger partial charge is 0.272 e. The molecule has 0 fully saturated rings. The molecule has 1 unspecified atom stereocenters. The van der Waals surface area contributed by atoms with Crippen LogP contribution >= 0.6 is 0 Å². The van der Waals surface area contributed by atoms with Crippen LogP contribution in [0.3, 0.4) is 0 Å². The van der Waals surface area contributed by atoms with Crippen molar-refractivity contribution in [3.8, 4) is 0 Å². The number of hydrazine groups is 1. The summed E-state index contributed by atoms with van der Waals surface area (Å²) in [7, 11) is 0. The zero-order chi connectivity index (χ0) is 15.3. The van der Waals surface area contributed by atoms with Crippen LogP contribution in [0.25, 0.3) is 0 Å². The minimum atomic E-state index is -0.227. The maximum absolute atomic E-state index is 12.2. The largest absolute Gasteiger partial charge is 0.350 e. The van der Waals surface area contributed by atoms with Crippen molar-refractivity contribution in [2.45, 2.75) is 40.5 Å². The van der Waals surface area contributed by atoms with Gasteiger partial charge in [0.1, 0.15) is 5.82 Å². The Balaban J connectivity index is 2.87. The van der Waals surface area contributed by atoms with Crippen LogP contribution in [-0.2, 0) is 0 Å². The number of amides is 1. The first-order chi connectivity index (χ1) is 9.36. The summed E-state index contributed by atoms with van der Waals surface area (Å²) in [5.41, 5.74) is 3.20. The molecular weight excluding hydrogens is 254 g/mol. The average molecular weight is 279 g/mol. The van der Waals surface area contributed by atoms with Gasteiger partial charge < -0.3 is 10.7 Å². The molecule has 112 valence electrons. The predicted molar refractivity (Wildman–Crippen MR) is 80.3 cm³/mol. The molecule has 4 N–H and O–H groups in total. The molecule has 1 aromatic heterocycles. The number of rotatable bonds is 6. The molecule has 20 heavy (non-hydrogen) atoms. The number of anilines is 1. The first-order valence-corrected chi connectivity index (χ1v) is 6.98. The monoisotopic (exact) mass is 279 g/mol. The lowest BCUT2D eigenvalue weighted by molar-refractivity contribution is 0.0940. The van der Waals surface area contributed by atoms with Gasteiger partial charge in [0.2, 0.25) is 0 Å². The molecule has 1 amide bonds. The summed E-state index contributed by atoms with van der Waals surface area (Å²) < 4.78 is 0. The maximum atomic E-state index is 12.2. The van der Waals surface area contributed by atoms with Gasteiger partial charge in [-0.15, -0.1) is 0 Å². The summed E-state index contributed by atoms with van der Waals surface area (Å²) in [6.07, 6.45) is 1.54. The van der Waals surface area contributed by atoms with Crippen LogP contribution in [0.4, 0.5) is 5.69 Å². The summed E-state index contributed by atoms with van der Waals surface area (Å²) in [6.45, 7) is 10.9. The highest BCUT2D eigenvalue weighted by atomic mass is 16.1. The van der Waals surface area contributed by atoms with Gasteiger partial charge in [0, 0.05) is 12.5 Å². The second-order valence-electron chi connectivity index (χ2n) is 5.72. The molecule has 0 aromatic carbocycles. The molecule has 0 aliphatic rings. The van der Waals surface area contributed by atoms with Crippen molar-refractivity contribution in [3.63, 3.8) is 0 Å². The lowest BCUT2D eigenvalue weighted by Crippen LogP contribution is -2.32. The van der Waals surface area contributed by atoms with E-state index in [-0.39, 0.29) is 11.8 Å². The molecule has 0 aliphatic carbocycles. The van der Waals surface area contributed by atoms with E-state index in [0.717, 1.165) is 0 Å². The second kappa shape index (κ2) is 7.19. The number of carbonyl (C=O) groups excluding carboxylic acids is 1. The molecule has 0 aliphatic heterocycles. The number of nitrogens with two attached hydrogens (primary N) is 1. The normalized spacial score (nSPS) is 12.6. The van der Waals surface area contributed by atoms with Gasteiger partial charge in [-0.2, -0.15) is 0 Å². The van der Waals surface area contributed by atoms with Gasteiger partial charge in [0.05, 0.1) is 11.9 Å². The van der Waals surface area contributed by atoms with Crippen molar-refractivity contribution < 1.29 is 4.79 Å². The van der Waals surface area contributed by atoms with Crippen molar-refractivity contribution in [2.24, 2.45) is 17.7 Å². The van der Waals surface area contributed by atoms with E-state index in [1.807, 2.05) is 13.8 Å². The Labute approximate surface area is 120 Å². The summed E-state index contributed by atoms with van der Waals surface area (Å²) in [6, 6.07) is 0. The standard InChI is InChI=1S/C14H25N5O/c1-8(2)10(5)6-17-14(20)12-11(19-15)7-16-13(18-12)9(3)4/h7-10,19H,6,15H2,1-5H3,(H,17,20). The SMILES string of the molecule is CC(C)c1ncc(NN)c(C(=O)NCC(C)C(C)C)n1. The number of hydrogen-bond acceptors (Lipinski definition) is 5. The Kier molecular flexibility index (Phi) is 5.88. The second-order valence-corrected chi connectivity index (χ2v) is 5.72. The zero-order valence-corrected chi connectivity index (χ0v) is 12.9. The third kappa shape index (κ3) is 4.16. The Morgan fingerprint density at radius 1 is 1.30 bits per heavy atom. The van der Waals surface area contributed by atoms with E-state index in [1.165, 1.54) is 0 Å². The third-order valence-electron chi connectivity index (χ3n) is 3.42. The van der Waals surface area contributed by atoms with Gasteiger partial charge in [-0.05, 0) is 11.8 Å². The lowest BCUT2D eigenvalue weighted by Gasteiger charge is -2.17. The molecule has 1 heterocycles. The quantitative estimate of drug-likeness (QED) is 0.546. The lowest BCUT2D eigenvalue weighted by atomic mass is 9.98. The number of nitrogens with one attached hydrogen (secondary N) is 2. The summed E-state index contributed by atoms with van der Waals surface area (Å²) >= 11 is 0. The number of nitrogen functional groups attached to an aromatic ring is 1. The Morgan fingerprint density at radius 2 is 1.95 bits per heavy atom.